The van der Waals surface area contributed by atoms with E-state index in [4.69, 9.17) is 9.84 Å². The van der Waals surface area contributed by atoms with Gasteiger partial charge in [-0.25, -0.2) is 21.6 Å². The molecule has 1 atom stereocenters. The minimum Gasteiger partial charge on any atom is -0.480 e. The average Bonchev–Trinajstić information content (AvgIpc) is 3.18. The van der Waals surface area contributed by atoms with Gasteiger partial charge in [-0.05, 0) is 55.7 Å². The second-order valence-corrected chi connectivity index (χ2v) is 9.77. The van der Waals surface area contributed by atoms with Crippen molar-refractivity contribution in [1.29, 1.82) is 0 Å². The van der Waals surface area contributed by atoms with Gasteiger partial charge in [0.05, 0.1) is 11.1 Å². The molecule has 2 N–H and O–H groups in total. The Morgan fingerprint density at radius 3 is 2.50 bits per heavy atom. The Kier molecular flexibility index (Phi) is 6.62. The highest BCUT2D eigenvalue weighted by atomic mass is 32.2. The molecule has 0 saturated carbocycles. The van der Waals surface area contributed by atoms with Crippen molar-refractivity contribution in [3.8, 4) is 11.5 Å². The van der Waals surface area contributed by atoms with E-state index >= 15 is 0 Å². The molecule has 0 spiro atoms. The minimum atomic E-state index is -4.13. The zero-order chi connectivity index (χ0) is 24.5. The first-order chi connectivity index (χ1) is 16.1. The maximum absolute atomic E-state index is 14.5. The number of rotatable bonds is 8. The first-order valence-corrected chi connectivity index (χ1v) is 11.9. The normalized spacial score (nSPS) is 15.7. The number of halogens is 3. The molecule has 0 radical (unpaired) electrons. The van der Waals surface area contributed by atoms with Crippen molar-refractivity contribution >= 4 is 15.8 Å². The van der Waals surface area contributed by atoms with Gasteiger partial charge in [-0.3, -0.25) is 14.8 Å². The predicted octanol–water partition coefficient (Wildman–Crippen LogP) is 3.58. The Hall–Kier alpha value is -3.38. The Labute approximate surface area is 192 Å². The SMILES string of the molecule is O=C(O)Cn1ncc2c1CCC[C@H]2NCS(=O)(=O)c1cc(F)c(Oc2ccc(F)cc2)c(F)c1. The zero-order valence-corrected chi connectivity index (χ0v) is 18.5. The van der Waals surface area contributed by atoms with Crippen LogP contribution in [0.4, 0.5) is 13.2 Å². The van der Waals surface area contributed by atoms with Gasteiger partial charge in [0, 0.05) is 17.3 Å². The molecule has 0 unspecified atom stereocenters. The van der Waals surface area contributed by atoms with Crippen molar-refractivity contribution in [3.63, 3.8) is 0 Å². The van der Waals surface area contributed by atoms with Gasteiger partial charge in [0.25, 0.3) is 0 Å². The molecule has 1 aromatic heterocycles. The maximum Gasteiger partial charge on any atom is 0.325 e. The van der Waals surface area contributed by atoms with Crippen LogP contribution in [0.3, 0.4) is 0 Å². The Morgan fingerprint density at radius 2 is 1.85 bits per heavy atom. The number of aliphatic carboxylic acids is 1. The van der Waals surface area contributed by atoms with E-state index in [2.05, 4.69) is 10.4 Å². The Balaban J connectivity index is 1.49. The van der Waals surface area contributed by atoms with Crippen LogP contribution in [0.15, 0.2) is 47.5 Å². The van der Waals surface area contributed by atoms with Gasteiger partial charge < -0.3 is 9.84 Å². The number of carboxylic acids is 1. The third-order valence-corrected chi connectivity index (χ3v) is 6.93. The molecule has 34 heavy (non-hydrogen) atoms. The van der Waals surface area contributed by atoms with Crippen molar-refractivity contribution in [1.82, 2.24) is 15.1 Å². The van der Waals surface area contributed by atoms with Crippen LogP contribution in [0.1, 0.15) is 30.1 Å². The molecular weight excluding hydrogens is 475 g/mol. The first-order valence-electron chi connectivity index (χ1n) is 10.3. The van der Waals surface area contributed by atoms with Crippen LogP contribution in [0.2, 0.25) is 0 Å². The number of carboxylic acid groups (broad SMARTS) is 1. The van der Waals surface area contributed by atoms with Crippen molar-refractivity contribution < 1.29 is 36.2 Å². The van der Waals surface area contributed by atoms with E-state index in [0.717, 1.165) is 12.1 Å². The lowest BCUT2D eigenvalue weighted by atomic mass is 9.93. The fraction of sp³-hybridized carbons (Fsp3) is 0.273. The summed E-state index contributed by atoms with van der Waals surface area (Å²) in [5.41, 5.74) is 1.41. The number of sulfone groups is 1. The number of fused-ring (bicyclic) bond motifs is 1. The van der Waals surface area contributed by atoms with Crippen LogP contribution in [0.25, 0.3) is 0 Å². The number of ether oxygens (including phenoxy) is 1. The summed E-state index contributed by atoms with van der Waals surface area (Å²) in [6, 6.07) is 5.39. The molecule has 180 valence electrons. The van der Waals surface area contributed by atoms with Gasteiger partial charge in [-0.2, -0.15) is 5.10 Å². The average molecular weight is 495 g/mol. The molecule has 2 aromatic carbocycles. The number of hydrogen-bond donors (Lipinski definition) is 2. The number of aromatic nitrogens is 2. The summed E-state index contributed by atoms with van der Waals surface area (Å²) in [6.07, 6.45) is 3.39. The second-order valence-electron chi connectivity index (χ2n) is 7.78. The van der Waals surface area contributed by atoms with E-state index < -0.39 is 55.8 Å². The monoisotopic (exact) mass is 495 g/mol. The van der Waals surface area contributed by atoms with E-state index in [-0.39, 0.29) is 12.3 Å². The highest BCUT2D eigenvalue weighted by Gasteiger charge is 2.27. The first kappa shape index (κ1) is 23.8. The third-order valence-electron chi connectivity index (χ3n) is 5.43. The lowest BCUT2D eigenvalue weighted by molar-refractivity contribution is -0.137. The van der Waals surface area contributed by atoms with Gasteiger partial charge in [0.1, 0.15) is 24.0 Å². The van der Waals surface area contributed by atoms with Crippen molar-refractivity contribution in [3.05, 3.63) is 71.3 Å². The van der Waals surface area contributed by atoms with Gasteiger partial charge in [-0.1, -0.05) is 0 Å². The molecule has 12 heteroatoms. The molecule has 1 aliphatic carbocycles. The Bertz CT molecular complexity index is 1300. The second kappa shape index (κ2) is 9.47. The molecular formula is C22H20F3N3O5S. The molecule has 0 amide bonds. The maximum atomic E-state index is 14.5. The summed E-state index contributed by atoms with van der Waals surface area (Å²) < 4.78 is 74.1. The van der Waals surface area contributed by atoms with E-state index in [1.54, 1.807) is 0 Å². The van der Waals surface area contributed by atoms with E-state index in [1.165, 1.54) is 23.0 Å². The fourth-order valence-corrected chi connectivity index (χ4v) is 4.98. The largest absolute Gasteiger partial charge is 0.480 e. The van der Waals surface area contributed by atoms with Gasteiger partial charge in [-0.15, -0.1) is 0 Å². The molecule has 0 bridgehead atoms. The van der Waals surface area contributed by atoms with Crippen molar-refractivity contribution in [2.75, 3.05) is 5.88 Å². The molecule has 8 nitrogen and oxygen atoms in total. The Morgan fingerprint density at radius 1 is 1.18 bits per heavy atom. The van der Waals surface area contributed by atoms with Crippen molar-refractivity contribution in [2.24, 2.45) is 0 Å². The van der Waals surface area contributed by atoms with Crippen LogP contribution in [-0.4, -0.2) is 35.2 Å². The highest BCUT2D eigenvalue weighted by Crippen LogP contribution is 2.32. The lowest BCUT2D eigenvalue weighted by Crippen LogP contribution is -2.30. The number of hydrogen-bond acceptors (Lipinski definition) is 6. The van der Waals surface area contributed by atoms with Crippen LogP contribution in [0, 0.1) is 17.5 Å². The molecule has 0 aliphatic heterocycles. The van der Waals surface area contributed by atoms with Gasteiger partial charge in [0.15, 0.2) is 27.2 Å². The highest BCUT2D eigenvalue weighted by molar-refractivity contribution is 7.91. The summed E-state index contributed by atoms with van der Waals surface area (Å²) in [6.45, 7) is -0.300. The lowest BCUT2D eigenvalue weighted by Gasteiger charge is -2.24. The summed E-state index contributed by atoms with van der Waals surface area (Å²) in [7, 11) is -4.13. The zero-order valence-electron chi connectivity index (χ0n) is 17.7. The number of nitrogens with zero attached hydrogens (tertiary/aromatic N) is 2. The molecule has 0 fully saturated rings. The molecule has 0 saturated heterocycles. The molecule has 4 rings (SSSR count). The third kappa shape index (κ3) is 5.07. The standard InChI is InChI=1S/C22H20F3N3O5S/c23-13-4-6-14(7-5-13)33-22-17(24)8-15(9-18(22)25)34(31,32)12-26-19-2-1-3-20-16(19)10-27-28(20)11-21(29)30/h4-10,19,26H,1-3,11-12H2,(H,29,30)/t19-/m1/s1. The van der Waals surface area contributed by atoms with Crippen molar-refractivity contribution in [2.45, 2.75) is 36.7 Å². The molecule has 1 aliphatic rings. The number of carbonyl (C=O) groups is 1. The summed E-state index contributed by atoms with van der Waals surface area (Å²) in [5, 5.41) is 16.0. The smallest absolute Gasteiger partial charge is 0.325 e. The minimum absolute atomic E-state index is 0.0204. The summed E-state index contributed by atoms with van der Waals surface area (Å²) in [5.74, 6) is -5.47. The fourth-order valence-electron chi connectivity index (χ4n) is 3.82. The molecule has 1 heterocycles. The van der Waals surface area contributed by atoms with Crippen LogP contribution in [0.5, 0.6) is 11.5 Å². The predicted molar refractivity (Wildman–Crippen MR) is 114 cm³/mol. The van der Waals surface area contributed by atoms with Crippen LogP contribution < -0.4 is 10.1 Å². The van der Waals surface area contributed by atoms with E-state index in [1.807, 2.05) is 0 Å². The van der Waals surface area contributed by atoms with Gasteiger partial charge >= 0.3 is 5.97 Å². The van der Waals surface area contributed by atoms with E-state index in [9.17, 15) is 26.4 Å². The summed E-state index contributed by atoms with van der Waals surface area (Å²) in [4.78, 5) is 10.4. The molecule has 3 aromatic rings. The quantitative estimate of drug-likeness (QED) is 0.492. The summed E-state index contributed by atoms with van der Waals surface area (Å²) >= 11 is 0. The number of nitrogens with one attached hydrogen (secondary N) is 1. The number of benzene rings is 2. The van der Waals surface area contributed by atoms with Crippen LogP contribution in [-0.2, 0) is 27.6 Å². The topological polar surface area (TPSA) is 111 Å². The van der Waals surface area contributed by atoms with E-state index in [0.29, 0.717) is 42.7 Å². The van der Waals surface area contributed by atoms with Crippen LogP contribution >= 0.6 is 0 Å². The van der Waals surface area contributed by atoms with Gasteiger partial charge in [0.2, 0.25) is 0 Å².